The lowest BCUT2D eigenvalue weighted by molar-refractivity contribution is -0.123. The molecule has 0 aliphatic carbocycles. The van der Waals surface area contributed by atoms with Crippen molar-refractivity contribution in [2.75, 3.05) is 27.8 Å². The van der Waals surface area contributed by atoms with Gasteiger partial charge in [-0.2, -0.15) is 17.4 Å². The number of carbonyl (C=O) groups excluding carboxylic acids is 1. The molecule has 0 aliphatic heterocycles. The minimum absolute atomic E-state index is 0.0548. The SMILES string of the molecule is COc1ccccc1OCC(=O)NCc1ccnc(CNS(=O)(=O)N(C)C)c1. The van der Waals surface area contributed by atoms with E-state index < -0.39 is 10.2 Å². The molecule has 0 saturated heterocycles. The van der Waals surface area contributed by atoms with E-state index in [1.807, 2.05) is 6.07 Å². The Kier molecular flexibility index (Phi) is 7.73. The molecule has 1 heterocycles. The van der Waals surface area contributed by atoms with Crippen molar-refractivity contribution in [3.8, 4) is 11.5 Å². The number of hydrogen-bond donors (Lipinski definition) is 2. The summed E-state index contributed by atoms with van der Waals surface area (Å²) in [4.78, 5) is 16.1. The molecule has 2 N–H and O–H groups in total. The molecular weight excluding hydrogens is 384 g/mol. The van der Waals surface area contributed by atoms with Gasteiger partial charge in [0.25, 0.3) is 16.1 Å². The number of hydrogen-bond acceptors (Lipinski definition) is 6. The average Bonchev–Trinajstić information content (AvgIpc) is 2.69. The first kappa shape index (κ1) is 21.6. The fourth-order valence-electron chi connectivity index (χ4n) is 2.16. The second-order valence-electron chi connectivity index (χ2n) is 5.98. The highest BCUT2D eigenvalue weighted by Crippen LogP contribution is 2.25. The van der Waals surface area contributed by atoms with Gasteiger partial charge in [-0.1, -0.05) is 12.1 Å². The summed E-state index contributed by atoms with van der Waals surface area (Å²) in [5.74, 6) is 0.742. The number of methoxy groups -OCH3 is 1. The number of nitrogens with zero attached hydrogens (tertiary/aromatic N) is 2. The van der Waals surface area contributed by atoms with E-state index in [1.165, 1.54) is 21.2 Å². The van der Waals surface area contributed by atoms with Crippen LogP contribution in [0.5, 0.6) is 11.5 Å². The Bertz CT molecular complexity index is 902. The Hall–Kier alpha value is -2.69. The highest BCUT2D eigenvalue weighted by atomic mass is 32.2. The van der Waals surface area contributed by atoms with Crippen molar-refractivity contribution in [1.82, 2.24) is 19.3 Å². The van der Waals surface area contributed by atoms with E-state index >= 15 is 0 Å². The summed E-state index contributed by atoms with van der Waals surface area (Å²) >= 11 is 0. The molecule has 2 rings (SSSR count). The van der Waals surface area contributed by atoms with E-state index in [0.29, 0.717) is 17.2 Å². The molecule has 0 unspecified atom stereocenters. The van der Waals surface area contributed by atoms with Crippen LogP contribution in [0.1, 0.15) is 11.3 Å². The minimum Gasteiger partial charge on any atom is -0.493 e. The first-order chi connectivity index (χ1) is 13.3. The molecule has 0 spiro atoms. The molecule has 0 radical (unpaired) electrons. The van der Waals surface area contributed by atoms with E-state index in [0.717, 1.165) is 9.87 Å². The lowest BCUT2D eigenvalue weighted by atomic mass is 10.2. The molecule has 0 aliphatic rings. The molecular formula is C18H24N4O5S. The summed E-state index contributed by atoms with van der Waals surface area (Å²) in [6, 6.07) is 10.5. The van der Waals surface area contributed by atoms with Gasteiger partial charge in [0.1, 0.15) is 0 Å². The number of amides is 1. The van der Waals surface area contributed by atoms with Crippen LogP contribution >= 0.6 is 0 Å². The summed E-state index contributed by atoms with van der Waals surface area (Å²) in [6.45, 7) is 0.171. The topological polar surface area (TPSA) is 110 Å². The van der Waals surface area contributed by atoms with Crippen molar-refractivity contribution in [3.05, 3.63) is 53.9 Å². The molecule has 9 nitrogen and oxygen atoms in total. The number of carbonyl (C=O) groups is 1. The zero-order valence-electron chi connectivity index (χ0n) is 16.0. The molecule has 2 aromatic rings. The van der Waals surface area contributed by atoms with Crippen LogP contribution in [-0.2, 0) is 28.1 Å². The summed E-state index contributed by atoms with van der Waals surface area (Å²) in [7, 11) is 0.881. The maximum absolute atomic E-state index is 12.0. The Morgan fingerprint density at radius 2 is 1.86 bits per heavy atom. The molecule has 0 fully saturated rings. The number of nitrogens with one attached hydrogen (secondary N) is 2. The lowest BCUT2D eigenvalue weighted by Crippen LogP contribution is -2.35. The molecule has 0 atom stereocenters. The van der Waals surface area contributed by atoms with Crippen molar-refractivity contribution in [1.29, 1.82) is 0 Å². The van der Waals surface area contributed by atoms with Gasteiger partial charge in [0.05, 0.1) is 19.3 Å². The summed E-state index contributed by atoms with van der Waals surface area (Å²) < 4.78 is 37.6. The number of rotatable bonds is 10. The largest absolute Gasteiger partial charge is 0.493 e. The van der Waals surface area contributed by atoms with Crippen molar-refractivity contribution < 1.29 is 22.7 Å². The normalized spacial score (nSPS) is 11.3. The van der Waals surface area contributed by atoms with Crippen molar-refractivity contribution in [2.45, 2.75) is 13.1 Å². The van der Waals surface area contributed by atoms with E-state index in [1.54, 1.807) is 36.5 Å². The Morgan fingerprint density at radius 3 is 2.54 bits per heavy atom. The van der Waals surface area contributed by atoms with E-state index in [4.69, 9.17) is 9.47 Å². The van der Waals surface area contributed by atoms with Crippen molar-refractivity contribution in [3.63, 3.8) is 0 Å². The monoisotopic (exact) mass is 408 g/mol. The van der Waals surface area contributed by atoms with Crippen LogP contribution < -0.4 is 19.5 Å². The molecule has 152 valence electrons. The van der Waals surface area contributed by atoms with Gasteiger partial charge in [0.2, 0.25) is 0 Å². The van der Waals surface area contributed by atoms with Gasteiger partial charge in [0, 0.05) is 26.8 Å². The fraction of sp³-hybridized carbons (Fsp3) is 0.333. The van der Waals surface area contributed by atoms with Crippen LogP contribution in [0.25, 0.3) is 0 Å². The summed E-state index contributed by atoms with van der Waals surface area (Å²) in [5.41, 5.74) is 1.34. The summed E-state index contributed by atoms with van der Waals surface area (Å²) in [6.07, 6.45) is 1.56. The summed E-state index contributed by atoms with van der Waals surface area (Å²) in [5, 5.41) is 2.75. The number of pyridine rings is 1. The molecule has 0 saturated carbocycles. The first-order valence-corrected chi connectivity index (χ1v) is 9.89. The van der Waals surface area contributed by atoms with Gasteiger partial charge >= 0.3 is 0 Å². The quantitative estimate of drug-likeness (QED) is 0.598. The van der Waals surface area contributed by atoms with Crippen LogP contribution in [0.2, 0.25) is 0 Å². The number of aromatic nitrogens is 1. The molecule has 10 heteroatoms. The van der Waals surface area contributed by atoms with Crippen LogP contribution in [-0.4, -0.2) is 51.4 Å². The fourth-order valence-corrected chi connectivity index (χ4v) is 2.75. The number of para-hydroxylation sites is 2. The van der Waals surface area contributed by atoms with Gasteiger partial charge in [-0.05, 0) is 29.8 Å². The highest BCUT2D eigenvalue weighted by molar-refractivity contribution is 7.87. The Labute approximate surface area is 164 Å². The number of ether oxygens (including phenoxy) is 2. The average molecular weight is 408 g/mol. The third kappa shape index (κ3) is 6.48. The van der Waals surface area contributed by atoms with Crippen LogP contribution in [0.3, 0.4) is 0 Å². The van der Waals surface area contributed by atoms with Gasteiger partial charge in [-0.25, -0.2) is 0 Å². The molecule has 1 amide bonds. The van der Waals surface area contributed by atoms with Gasteiger partial charge < -0.3 is 14.8 Å². The first-order valence-electron chi connectivity index (χ1n) is 8.45. The number of benzene rings is 1. The third-order valence-corrected chi connectivity index (χ3v) is 5.19. The maximum Gasteiger partial charge on any atom is 0.279 e. The van der Waals surface area contributed by atoms with E-state index in [2.05, 4.69) is 15.0 Å². The third-order valence-electron chi connectivity index (χ3n) is 3.71. The molecule has 1 aromatic heterocycles. The van der Waals surface area contributed by atoms with E-state index in [9.17, 15) is 13.2 Å². The van der Waals surface area contributed by atoms with Gasteiger partial charge in [0.15, 0.2) is 18.1 Å². The second-order valence-corrected chi connectivity index (χ2v) is 7.95. The van der Waals surface area contributed by atoms with E-state index in [-0.39, 0.29) is 25.6 Å². The Balaban J connectivity index is 1.84. The molecule has 0 bridgehead atoms. The minimum atomic E-state index is -3.53. The van der Waals surface area contributed by atoms with Crippen molar-refractivity contribution >= 4 is 16.1 Å². The zero-order valence-corrected chi connectivity index (χ0v) is 16.8. The Morgan fingerprint density at radius 1 is 1.14 bits per heavy atom. The van der Waals surface area contributed by atoms with Gasteiger partial charge in [-0.15, -0.1) is 0 Å². The maximum atomic E-state index is 12.0. The van der Waals surface area contributed by atoms with Crippen LogP contribution in [0.4, 0.5) is 0 Å². The highest BCUT2D eigenvalue weighted by Gasteiger charge is 2.13. The smallest absolute Gasteiger partial charge is 0.279 e. The second kappa shape index (κ2) is 10.0. The van der Waals surface area contributed by atoms with Crippen LogP contribution in [0, 0.1) is 0 Å². The molecule has 28 heavy (non-hydrogen) atoms. The van der Waals surface area contributed by atoms with Crippen molar-refractivity contribution in [2.24, 2.45) is 0 Å². The predicted molar refractivity (Wildman–Crippen MR) is 104 cm³/mol. The lowest BCUT2D eigenvalue weighted by Gasteiger charge is -2.12. The van der Waals surface area contributed by atoms with Crippen LogP contribution in [0.15, 0.2) is 42.6 Å². The molecule has 1 aromatic carbocycles. The predicted octanol–water partition coefficient (Wildman–Crippen LogP) is 0.681. The van der Waals surface area contributed by atoms with Gasteiger partial charge in [-0.3, -0.25) is 9.78 Å². The zero-order chi connectivity index (χ0) is 20.6. The standard InChI is InChI=1S/C18H24N4O5S/c1-22(2)28(24,25)21-12-15-10-14(8-9-19-15)11-20-18(23)13-27-17-7-5-4-6-16(17)26-3/h4-10,21H,11-13H2,1-3H3,(H,20,23).